The molecular formula is C17H21N5O. The number of rotatable bonds is 2. The lowest BCUT2D eigenvalue weighted by molar-refractivity contribution is 0.244. The Labute approximate surface area is 136 Å². The SMILES string of the molecule is CC#CCNC(=O)n1cnc2c(N3CCN(C)CC3)cccc21. The van der Waals surface area contributed by atoms with Gasteiger partial charge in [-0.15, -0.1) is 5.92 Å². The van der Waals surface area contributed by atoms with Crippen LogP contribution in [0.25, 0.3) is 11.0 Å². The zero-order chi connectivity index (χ0) is 16.2. The monoisotopic (exact) mass is 311 g/mol. The van der Waals surface area contributed by atoms with E-state index in [2.05, 4.69) is 45.1 Å². The van der Waals surface area contributed by atoms with Gasteiger partial charge in [0.15, 0.2) is 0 Å². The van der Waals surface area contributed by atoms with Crippen molar-refractivity contribution >= 4 is 22.8 Å². The Morgan fingerprint density at radius 2 is 2.09 bits per heavy atom. The molecule has 0 aliphatic carbocycles. The molecule has 6 heteroatoms. The fourth-order valence-electron chi connectivity index (χ4n) is 2.78. The molecule has 0 bridgehead atoms. The van der Waals surface area contributed by atoms with Gasteiger partial charge in [0.05, 0.1) is 17.7 Å². The molecule has 0 spiro atoms. The minimum absolute atomic E-state index is 0.203. The van der Waals surface area contributed by atoms with E-state index in [1.54, 1.807) is 17.8 Å². The Hall–Kier alpha value is -2.52. The van der Waals surface area contributed by atoms with Gasteiger partial charge in [-0.1, -0.05) is 12.0 Å². The summed E-state index contributed by atoms with van der Waals surface area (Å²) in [5.41, 5.74) is 2.78. The van der Waals surface area contributed by atoms with Crippen molar-refractivity contribution < 1.29 is 4.79 Å². The molecule has 1 aliphatic heterocycles. The lowest BCUT2D eigenvalue weighted by Crippen LogP contribution is -2.44. The molecule has 3 rings (SSSR count). The van der Waals surface area contributed by atoms with Crippen molar-refractivity contribution in [3.8, 4) is 11.8 Å². The summed E-state index contributed by atoms with van der Waals surface area (Å²) in [5.74, 6) is 5.59. The largest absolute Gasteiger partial charge is 0.367 e. The van der Waals surface area contributed by atoms with E-state index in [0.717, 1.165) is 42.9 Å². The van der Waals surface area contributed by atoms with Crippen LogP contribution in [0.15, 0.2) is 24.5 Å². The van der Waals surface area contributed by atoms with Crippen molar-refractivity contribution in [2.45, 2.75) is 6.92 Å². The number of aromatic nitrogens is 2. The highest BCUT2D eigenvalue weighted by Gasteiger charge is 2.19. The highest BCUT2D eigenvalue weighted by molar-refractivity contribution is 5.95. The van der Waals surface area contributed by atoms with Gasteiger partial charge in [0.25, 0.3) is 0 Å². The van der Waals surface area contributed by atoms with Gasteiger partial charge in [0.1, 0.15) is 11.8 Å². The number of carbonyl (C=O) groups is 1. The number of fused-ring (bicyclic) bond motifs is 1. The summed E-state index contributed by atoms with van der Waals surface area (Å²) in [6.07, 6.45) is 1.58. The van der Waals surface area contributed by atoms with E-state index in [-0.39, 0.29) is 6.03 Å². The van der Waals surface area contributed by atoms with Crippen molar-refractivity contribution in [3.63, 3.8) is 0 Å². The average Bonchev–Trinajstić information content (AvgIpc) is 3.00. The van der Waals surface area contributed by atoms with Crippen LogP contribution < -0.4 is 10.2 Å². The van der Waals surface area contributed by atoms with Crippen LogP contribution in [0.1, 0.15) is 6.92 Å². The molecule has 1 fully saturated rings. The second kappa shape index (κ2) is 6.71. The second-order valence-electron chi connectivity index (χ2n) is 5.64. The summed E-state index contributed by atoms with van der Waals surface area (Å²) in [5, 5.41) is 2.77. The van der Waals surface area contributed by atoms with Gasteiger partial charge in [-0.2, -0.15) is 0 Å². The Kier molecular flexibility index (Phi) is 4.49. The molecule has 0 radical (unpaired) electrons. The Balaban J connectivity index is 1.87. The van der Waals surface area contributed by atoms with E-state index in [1.807, 2.05) is 12.1 Å². The van der Waals surface area contributed by atoms with Crippen LogP contribution in [0.5, 0.6) is 0 Å². The molecule has 23 heavy (non-hydrogen) atoms. The highest BCUT2D eigenvalue weighted by Crippen LogP contribution is 2.26. The van der Waals surface area contributed by atoms with E-state index in [1.165, 1.54) is 0 Å². The minimum atomic E-state index is -0.203. The normalized spacial score (nSPS) is 15.3. The first-order valence-electron chi connectivity index (χ1n) is 7.78. The second-order valence-corrected chi connectivity index (χ2v) is 5.64. The maximum Gasteiger partial charge on any atom is 0.328 e. The third-order valence-electron chi connectivity index (χ3n) is 4.12. The number of piperazine rings is 1. The molecule has 1 aliphatic rings. The van der Waals surface area contributed by atoms with E-state index >= 15 is 0 Å². The zero-order valence-electron chi connectivity index (χ0n) is 13.5. The highest BCUT2D eigenvalue weighted by atomic mass is 16.2. The van der Waals surface area contributed by atoms with Gasteiger partial charge in [0.2, 0.25) is 0 Å². The molecule has 2 aromatic rings. The third kappa shape index (κ3) is 3.15. The van der Waals surface area contributed by atoms with Crippen molar-refractivity contribution in [2.24, 2.45) is 0 Å². The maximum absolute atomic E-state index is 12.2. The first kappa shape index (κ1) is 15.4. The molecule has 0 saturated carbocycles. The smallest absolute Gasteiger partial charge is 0.328 e. The van der Waals surface area contributed by atoms with E-state index in [4.69, 9.17) is 0 Å². The summed E-state index contributed by atoms with van der Waals surface area (Å²) in [6, 6.07) is 5.77. The van der Waals surface area contributed by atoms with Crippen LogP contribution in [0.3, 0.4) is 0 Å². The van der Waals surface area contributed by atoms with E-state index < -0.39 is 0 Å². The fourth-order valence-corrected chi connectivity index (χ4v) is 2.78. The molecule has 1 aromatic heterocycles. The van der Waals surface area contributed by atoms with Crippen molar-refractivity contribution in [3.05, 3.63) is 24.5 Å². The first-order valence-corrected chi connectivity index (χ1v) is 7.78. The minimum Gasteiger partial charge on any atom is -0.367 e. The average molecular weight is 311 g/mol. The summed E-state index contributed by atoms with van der Waals surface area (Å²) >= 11 is 0. The lowest BCUT2D eigenvalue weighted by atomic mass is 10.2. The predicted molar refractivity (Wildman–Crippen MR) is 91.7 cm³/mol. The number of anilines is 1. The molecule has 6 nitrogen and oxygen atoms in total. The number of nitrogens with one attached hydrogen (secondary N) is 1. The molecule has 1 N–H and O–H groups in total. The molecular weight excluding hydrogens is 290 g/mol. The van der Waals surface area contributed by atoms with Gasteiger partial charge in [0, 0.05) is 26.2 Å². The molecule has 1 saturated heterocycles. The molecule has 1 aromatic carbocycles. The predicted octanol–water partition coefficient (Wildman–Crippen LogP) is 1.37. The van der Waals surface area contributed by atoms with Crippen LogP contribution in [0, 0.1) is 11.8 Å². The molecule has 2 heterocycles. The molecule has 0 unspecified atom stereocenters. The Morgan fingerprint density at radius 1 is 1.30 bits per heavy atom. The number of imidazole rings is 1. The molecule has 120 valence electrons. The topological polar surface area (TPSA) is 53.4 Å². The van der Waals surface area contributed by atoms with E-state index in [0.29, 0.717) is 6.54 Å². The van der Waals surface area contributed by atoms with Crippen LogP contribution in [0.2, 0.25) is 0 Å². The van der Waals surface area contributed by atoms with E-state index in [9.17, 15) is 4.79 Å². The summed E-state index contributed by atoms with van der Waals surface area (Å²) in [7, 11) is 2.14. The van der Waals surface area contributed by atoms with Gasteiger partial charge in [-0.3, -0.25) is 4.57 Å². The number of benzene rings is 1. The lowest BCUT2D eigenvalue weighted by Gasteiger charge is -2.34. The Bertz CT molecular complexity index is 762. The molecule has 1 amide bonds. The number of carbonyl (C=O) groups excluding carboxylic acids is 1. The van der Waals surface area contributed by atoms with Gasteiger partial charge in [-0.25, -0.2) is 9.78 Å². The van der Waals surface area contributed by atoms with Gasteiger partial charge >= 0.3 is 6.03 Å². The third-order valence-corrected chi connectivity index (χ3v) is 4.12. The maximum atomic E-state index is 12.2. The number of likely N-dealkylation sites (N-methyl/N-ethyl adjacent to an activating group) is 1. The Morgan fingerprint density at radius 3 is 2.83 bits per heavy atom. The van der Waals surface area contributed by atoms with Crippen LogP contribution >= 0.6 is 0 Å². The quantitative estimate of drug-likeness (QED) is 0.851. The zero-order valence-corrected chi connectivity index (χ0v) is 13.5. The number of nitrogens with zero attached hydrogens (tertiary/aromatic N) is 4. The van der Waals surface area contributed by atoms with Crippen molar-refractivity contribution in [1.82, 2.24) is 19.8 Å². The summed E-state index contributed by atoms with van der Waals surface area (Å²) in [4.78, 5) is 21.4. The van der Waals surface area contributed by atoms with Crippen molar-refractivity contribution in [1.29, 1.82) is 0 Å². The number of amides is 1. The number of hydrogen-bond donors (Lipinski definition) is 1. The standard InChI is InChI=1S/C17H21N5O/c1-3-4-8-18-17(23)22-13-19-16-14(6-5-7-15(16)22)21-11-9-20(2)10-12-21/h5-7,13H,8-12H2,1-2H3,(H,18,23). The van der Waals surface area contributed by atoms with Gasteiger partial charge in [-0.05, 0) is 26.1 Å². The van der Waals surface area contributed by atoms with Crippen LogP contribution in [-0.4, -0.2) is 60.3 Å². The van der Waals surface area contributed by atoms with Crippen LogP contribution in [-0.2, 0) is 0 Å². The van der Waals surface area contributed by atoms with Crippen LogP contribution in [0.4, 0.5) is 10.5 Å². The summed E-state index contributed by atoms with van der Waals surface area (Å²) < 4.78 is 1.55. The first-order chi connectivity index (χ1) is 11.2. The summed E-state index contributed by atoms with van der Waals surface area (Å²) in [6.45, 7) is 6.11. The number of para-hydroxylation sites is 1. The molecule has 0 atom stereocenters. The van der Waals surface area contributed by atoms with Crippen molar-refractivity contribution in [2.75, 3.05) is 44.7 Å². The van der Waals surface area contributed by atoms with Gasteiger partial charge < -0.3 is 15.1 Å². The fraction of sp³-hybridized carbons (Fsp3) is 0.412. The number of hydrogen-bond acceptors (Lipinski definition) is 4.